The van der Waals surface area contributed by atoms with Crippen LogP contribution < -0.4 is 5.32 Å². The number of nitriles is 1. The van der Waals surface area contributed by atoms with Crippen molar-refractivity contribution in [1.29, 1.82) is 5.26 Å². The van der Waals surface area contributed by atoms with Gasteiger partial charge in [0.05, 0.1) is 12.6 Å². The van der Waals surface area contributed by atoms with Crippen molar-refractivity contribution in [2.24, 2.45) is 0 Å². The minimum Gasteiger partial charge on any atom is -0.301 e. The van der Waals surface area contributed by atoms with E-state index in [9.17, 15) is 0 Å². The number of nitrogens with zero attached hydrogens (tertiary/aromatic N) is 1. The highest BCUT2D eigenvalue weighted by atomic mass is 14.8. The number of nitrogens with one attached hydrogen (secondary N) is 1. The van der Waals surface area contributed by atoms with Gasteiger partial charge in [-0.05, 0) is 6.92 Å². The Balaban J connectivity index is 2.85. The molecule has 0 aromatic carbocycles. The van der Waals surface area contributed by atoms with Crippen LogP contribution in [0.3, 0.4) is 0 Å². The molecule has 2 heteroatoms. The zero-order valence-corrected chi connectivity index (χ0v) is 5.02. The van der Waals surface area contributed by atoms with Gasteiger partial charge in [0.2, 0.25) is 0 Å². The fourth-order valence-electron chi connectivity index (χ4n) is 0.329. The zero-order valence-electron chi connectivity index (χ0n) is 5.02. The second-order valence-electron chi connectivity index (χ2n) is 1.36. The molecule has 0 aliphatic carbocycles. The molecule has 0 radical (unpaired) electrons. The average molecular weight is 110 g/mol. The van der Waals surface area contributed by atoms with Crippen molar-refractivity contribution >= 4 is 0 Å². The van der Waals surface area contributed by atoms with Crippen LogP contribution in [0.5, 0.6) is 0 Å². The molecule has 0 aromatic heterocycles. The van der Waals surface area contributed by atoms with Crippen molar-refractivity contribution < 1.29 is 0 Å². The SMILES string of the molecule is C/C=C/CNCC#N. The second-order valence-corrected chi connectivity index (χ2v) is 1.36. The van der Waals surface area contributed by atoms with E-state index in [1.807, 2.05) is 25.1 Å². The minimum absolute atomic E-state index is 0.435. The standard InChI is InChI=1S/C6H10N2/c1-2-3-5-8-6-4-7/h2-3,8H,5-6H2,1H3/b3-2+. The molecule has 44 valence electrons. The highest BCUT2D eigenvalue weighted by molar-refractivity contribution is 4.82. The highest BCUT2D eigenvalue weighted by Crippen LogP contribution is 1.64. The minimum atomic E-state index is 0.435. The number of hydrogen-bond acceptors (Lipinski definition) is 2. The molecule has 0 aliphatic rings. The van der Waals surface area contributed by atoms with Gasteiger partial charge in [-0.25, -0.2) is 0 Å². The molecule has 0 heterocycles. The van der Waals surface area contributed by atoms with Crippen LogP contribution in [0.1, 0.15) is 6.92 Å². The molecule has 0 fully saturated rings. The van der Waals surface area contributed by atoms with E-state index in [2.05, 4.69) is 5.32 Å². The Morgan fingerprint density at radius 1 is 1.75 bits per heavy atom. The summed E-state index contributed by atoms with van der Waals surface area (Å²) in [5, 5.41) is 10.9. The van der Waals surface area contributed by atoms with E-state index in [4.69, 9.17) is 5.26 Å². The van der Waals surface area contributed by atoms with Gasteiger partial charge >= 0.3 is 0 Å². The molecule has 0 saturated carbocycles. The van der Waals surface area contributed by atoms with Gasteiger partial charge in [-0.3, -0.25) is 0 Å². The number of rotatable bonds is 3. The lowest BCUT2D eigenvalue weighted by atomic mass is 10.5. The topological polar surface area (TPSA) is 35.8 Å². The maximum absolute atomic E-state index is 8.03. The van der Waals surface area contributed by atoms with Crippen LogP contribution >= 0.6 is 0 Å². The van der Waals surface area contributed by atoms with Gasteiger partial charge in [-0.2, -0.15) is 5.26 Å². The number of allylic oxidation sites excluding steroid dienone is 1. The van der Waals surface area contributed by atoms with Crippen LogP contribution in [0.25, 0.3) is 0 Å². The van der Waals surface area contributed by atoms with Gasteiger partial charge in [0.15, 0.2) is 0 Å². The van der Waals surface area contributed by atoms with Crippen LogP contribution in [0, 0.1) is 11.3 Å². The summed E-state index contributed by atoms with van der Waals surface area (Å²) in [7, 11) is 0. The lowest BCUT2D eigenvalue weighted by Gasteiger charge is -1.87. The van der Waals surface area contributed by atoms with Crippen LogP contribution in [0.2, 0.25) is 0 Å². The highest BCUT2D eigenvalue weighted by Gasteiger charge is 1.73. The fraction of sp³-hybridized carbons (Fsp3) is 0.500. The molecule has 1 N–H and O–H groups in total. The maximum Gasteiger partial charge on any atom is 0.0843 e. The first-order chi connectivity index (χ1) is 3.91. The third-order valence-corrected chi connectivity index (χ3v) is 0.702. The summed E-state index contributed by atoms with van der Waals surface area (Å²) in [6, 6.07) is 1.98. The molecule has 0 aliphatic heterocycles. The molecule has 0 atom stereocenters. The predicted octanol–water partition coefficient (Wildman–Crippen LogP) is 0.676. The molecule has 0 bridgehead atoms. The van der Waals surface area contributed by atoms with Crippen LogP contribution in [0.4, 0.5) is 0 Å². The largest absolute Gasteiger partial charge is 0.301 e. The van der Waals surface area contributed by atoms with Crippen molar-refractivity contribution in [3.63, 3.8) is 0 Å². The Morgan fingerprint density at radius 3 is 3.00 bits per heavy atom. The van der Waals surface area contributed by atoms with Crippen molar-refractivity contribution in [3.8, 4) is 6.07 Å². The molecule has 0 unspecified atom stereocenters. The molecular formula is C6H10N2. The first kappa shape index (κ1) is 7.19. The summed E-state index contributed by atoms with van der Waals surface area (Å²) < 4.78 is 0. The van der Waals surface area contributed by atoms with Gasteiger partial charge in [0.25, 0.3) is 0 Å². The van der Waals surface area contributed by atoms with Gasteiger partial charge < -0.3 is 5.32 Å². The van der Waals surface area contributed by atoms with Gasteiger partial charge in [0, 0.05) is 6.54 Å². The van der Waals surface area contributed by atoms with E-state index < -0.39 is 0 Å². The average Bonchev–Trinajstić information content (AvgIpc) is 1.81. The fourth-order valence-corrected chi connectivity index (χ4v) is 0.329. The molecule has 0 spiro atoms. The van der Waals surface area contributed by atoms with Crippen LogP contribution in [0.15, 0.2) is 12.2 Å². The molecule has 2 nitrogen and oxygen atoms in total. The van der Waals surface area contributed by atoms with Crippen molar-refractivity contribution in [2.75, 3.05) is 13.1 Å². The Morgan fingerprint density at radius 2 is 2.50 bits per heavy atom. The molecular weight excluding hydrogens is 100 g/mol. The summed E-state index contributed by atoms with van der Waals surface area (Å²) in [6.07, 6.45) is 3.92. The Bertz CT molecular complexity index is 99.6. The molecule has 0 rings (SSSR count). The first-order valence-corrected chi connectivity index (χ1v) is 2.60. The summed E-state index contributed by atoms with van der Waals surface area (Å²) in [5.41, 5.74) is 0. The van der Waals surface area contributed by atoms with Crippen molar-refractivity contribution in [1.82, 2.24) is 5.32 Å². The summed E-state index contributed by atoms with van der Waals surface area (Å²) in [6.45, 7) is 3.18. The second kappa shape index (κ2) is 6.19. The smallest absolute Gasteiger partial charge is 0.0843 e. The molecule has 0 aromatic rings. The summed E-state index contributed by atoms with van der Waals surface area (Å²) in [4.78, 5) is 0. The third kappa shape index (κ3) is 5.19. The molecule has 0 amide bonds. The first-order valence-electron chi connectivity index (χ1n) is 2.60. The summed E-state index contributed by atoms with van der Waals surface area (Å²) >= 11 is 0. The lowest BCUT2D eigenvalue weighted by Crippen LogP contribution is -2.12. The monoisotopic (exact) mass is 110 g/mol. The predicted molar refractivity (Wildman–Crippen MR) is 33.3 cm³/mol. The molecule has 8 heavy (non-hydrogen) atoms. The zero-order chi connectivity index (χ0) is 6.24. The third-order valence-electron chi connectivity index (χ3n) is 0.702. The van der Waals surface area contributed by atoms with Crippen LogP contribution in [-0.2, 0) is 0 Å². The van der Waals surface area contributed by atoms with E-state index in [1.54, 1.807) is 0 Å². The van der Waals surface area contributed by atoms with Gasteiger partial charge in [0.1, 0.15) is 0 Å². The van der Waals surface area contributed by atoms with Crippen molar-refractivity contribution in [2.45, 2.75) is 6.92 Å². The van der Waals surface area contributed by atoms with E-state index in [1.165, 1.54) is 0 Å². The van der Waals surface area contributed by atoms with Gasteiger partial charge in [-0.15, -0.1) is 0 Å². The van der Waals surface area contributed by atoms with Crippen LogP contribution in [-0.4, -0.2) is 13.1 Å². The molecule has 0 saturated heterocycles. The normalized spacial score (nSPS) is 9.50. The summed E-state index contributed by atoms with van der Waals surface area (Å²) in [5.74, 6) is 0. The lowest BCUT2D eigenvalue weighted by molar-refractivity contribution is 0.849. The van der Waals surface area contributed by atoms with Crippen molar-refractivity contribution in [3.05, 3.63) is 12.2 Å². The van der Waals surface area contributed by atoms with E-state index in [-0.39, 0.29) is 0 Å². The Kier molecular flexibility index (Phi) is 5.56. The quantitative estimate of drug-likeness (QED) is 0.329. The Labute approximate surface area is 49.8 Å². The van der Waals surface area contributed by atoms with E-state index in [0.29, 0.717) is 6.54 Å². The number of hydrogen-bond donors (Lipinski definition) is 1. The van der Waals surface area contributed by atoms with Gasteiger partial charge in [-0.1, -0.05) is 12.2 Å². The maximum atomic E-state index is 8.03. The Hall–Kier alpha value is -0.810. The van der Waals surface area contributed by atoms with E-state index in [0.717, 1.165) is 6.54 Å². The van der Waals surface area contributed by atoms with E-state index >= 15 is 0 Å².